The van der Waals surface area contributed by atoms with Crippen LogP contribution in [0.15, 0.2) is 27.7 Å². The first-order chi connectivity index (χ1) is 14.8. The predicted octanol–water partition coefficient (Wildman–Crippen LogP) is 3.51. The van der Waals surface area contributed by atoms with Gasteiger partial charge in [-0.05, 0) is 43.0 Å². The molecule has 2 aromatic heterocycles. The number of hydrogen-bond donors (Lipinski definition) is 1. The van der Waals surface area contributed by atoms with Gasteiger partial charge in [0.25, 0.3) is 0 Å². The van der Waals surface area contributed by atoms with E-state index in [1.807, 2.05) is 18.4 Å². The van der Waals surface area contributed by atoms with Gasteiger partial charge in [0.15, 0.2) is 11.1 Å². The Labute approximate surface area is 188 Å². The minimum Gasteiger partial charge on any atom is -0.360 e. The van der Waals surface area contributed by atoms with E-state index in [9.17, 15) is 0 Å². The molecule has 1 saturated carbocycles. The Morgan fingerprint density at radius 3 is 2.70 bits per heavy atom. The zero-order valence-electron chi connectivity index (χ0n) is 18.1. The van der Waals surface area contributed by atoms with Crippen LogP contribution in [-0.4, -0.2) is 71.7 Å². The molecule has 164 valence electrons. The van der Waals surface area contributed by atoms with Crippen molar-refractivity contribution in [2.24, 2.45) is 4.99 Å². The number of aliphatic imine (C=N–C) groups is 1. The van der Waals surface area contributed by atoms with E-state index in [-0.39, 0.29) is 0 Å². The van der Waals surface area contributed by atoms with Crippen molar-refractivity contribution in [2.45, 2.75) is 49.7 Å². The highest BCUT2D eigenvalue weighted by atomic mass is 32.2. The average Bonchev–Trinajstić information content (AvgIpc) is 3.55. The fourth-order valence-corrected chi connectivity index (χ4v) is 5.87. The summed E-state index contributed by atoms with van der Waals surface area (Å²) in [5.41, 5.74) is 0. The molecule has 0 aromatic carbocycles. The molecule has 1 N–H and O–H groups in total. The summed E-state index contributed by atoms with van der Waals surface area (Å²) in [6, 6.07) is 4.93. The molecular weight excluding hydrogens is 414 g/mol. The first-order valence-electron chi connectivity index (χ1n) is 11.0. The minimum atomic E-state index is 0.595. The van der Waals surface area contributed by atoms with Crippen LogP contribution in [0.1, 0.15) is 44.0 Å². The van der Waals surface area contributed by atoms with Gasteiger partial charge in [-0.2, -0.15) is 0 Å². The summed E-state index contributed by atoms with van der Waals surface area (Å²) in [6.45, 7) is 5.01. The summed E-state index contributed by atoms with van der Waals surface area (Å²) in [7, 11) is 1.88. The van der Waals surface area contributed by atoms with Crippen LogP contribution < -0.4 is 10.2 Å². The molecule has 2 fully saturated rings. The number of aryl methyl sites for hydroxylation is 1. The zero-order valence-corrected chi connectivity index (χ0v) is 19.7. The van der Waals surface area contributed by atoms with E-state index < -0.39 is 0 Å². The largest absolute Gasteiger partial charge is 0.360 e. The predicted molar refractivity (Wildman–Crippen MR) is 127 cm³/mol. The van der Waals surface area contributed by atoms with Gasteiger partial charge in [0.2, 0.25) is 0 Å². The lowest BCUT2D eigenvalue weighted by molar-refractivity contribution is 0.373. The molecule has 1 aliphatic carbocycles. The number of anilines is 1. The van der Waals surface area contributed by atoms with Crippen molar-refractivity contribution in [3.05, 3.63) is 23.3 Å². The molecule has 0 amide bonds. The third kappa shape index (κ3) is 4.94. The fraction of sp³-hybridized carbons (Fsp3) is 0.667. The maximum atomic E-state index is 4.52. The van der Waals surface area contributed by atoms with Gasteiger partial charge in [0.05, 0.1) is 5.00 Å². The molecule has 30 heavy (non-hydrogen) atoms. The molecule has 0 radical (unpaired) electrons. The summed E-state index contributed by atoms with van der Waals surface area (Å²) >= 11 is 3.53. The van der Waals surface area contributed by atoms with Crippen molar-refractivity contribution >= 4 is 34.1 Å². The highest BCUT2D eigenvalue weighted by Gasteiger charge is 2.24. The van der Waals surface area contributed by atoms with Crippen molar-refractivity contribution in [3.63, 3.8) is 0 Å². The zero-order chi connectivity index (χ0) is 20.8. The van der Waals surface area contributed by atoms with Crippen LogP contribution in [0.25, 0.3) is 0 Å². The highest BCUT2D eigenvalue weighted by Crippen LogP contribution is 2.33. The molecule has 3 heterocycles. The van der Waals surface area contributed by atoms with Crippen LogP contribution in [-0.2, 0) is 6.42 Å². The molecule has 4 rings (SSSR count). The number of guanidine groups is 1. The minimum absolute atomic E-state index is 0.595. The number of rotatable bonds is 7. The Morgan fingerprint density at radius 1 is 1.23 bits per heavy atom. The van der Waals surface area contributed by atoms with E-state index >= 15 is 0 Å². The molecule has 0 atom stereocenters. The lowest BCUT2D eigenvalue weighted by Crippen LogP contribution is -2.52. The van der Waals surface area contributed by atoms with Gasteiger partial charge in [-0.25, -0.2) is 0 Å². The van der Waals surface area contributed by atoms with Crippen molar-refractivity contribution < 1.29 is 0 Å². The molecule has 1 aliphatic heterocycles. The van der Waals surface area contributed by atoms with Gasteiger partial charge in [-0.1, -0.05) is 24.6 Å². The number of aromatic nitrogens is 3. The second kappa shape index (κ2) is 10.5. The van der Waals surface area contributed by atoms with Crippen LogP contribution in [0.3, 0.4) is 0 Å². The molecule has 2 aliphatic rings. The van der Waals surface area contributed by atoms with Gasteiger partial charge in [0.1, 0.15) is 5.82 Å². The summed E-state index contributed by atoms with van der Waals surface area (Å²) in [5.74, 6) is 2.16. The second-order valence-corrected chi connectivity index (χ2v) is 9.61. The Morgan fingerprint density at radius 2 is 2.03 bits per heavy atom. The van der Waals surface area contributed by atoms with E-state index in [2.05, 4.69) is 58.6 Å². The van der Waals surface area contributed by atoms with Crippen LogP contribution in [0.4, 0.5) is 5.00 Å². The van der Waals surface area contributed by atoms with Crippen molar-refractivity contribution in [1.29, 1.82) is 0 Å². The molecule has 2 aromatic rings. The number of nitrogens with one attached hydrogen (secondary N) is 1. The van der Waals surface area contributed by atoms with Crippen LogP contribution in [0.2, 0.25) is 0 Å². The SMILES string of the molecule is CN=C(NCCCc1nnc(SC)n1C1CCCC1)N1CCN(c2cccs2)CC1. The summed E-state index contributed by atoms with van der Waals surface area (Å²) in [4.78, 5) is 9.36. The van der Waals surface area contributed by atoms with Gasteiger partial charge in [0, 0.05) is 52.2 Å². The first-order valence-corrected chi connectivity index (χ1v) is 13.1. The number of hydrogen-bond acceptors (Lipinski definition) is 6. The van der Waals surface area contributed by atoms with E-state index in [0.717, 1.165) is 62.5 Å². The van der Waals surface area contributed by atoms with Crippen LogP contribution >= 0.6 is 23.1 Å². The Hall–Kier alpha value is -1.74. The number of thiophene rings is 1. The van der Waals surface area contributed by atoms with Crippen molar-refractivity contribution in [2.75, 3.05) is 50.9 Å². The normalized spacial score (nSPS) is 18.4. The number of thioether (sulfide) groups is 1. The van der Waals surface area contributed by atoms with Crippen molar-refractivity contribution in [1.82, 2.24) is 25.0 Å². The third-order valence-electron chi connectivity index (χ3n) is 6.08. The Bertz CT molecular complexity index is 803. The lowest BCUT2D eigenvalue weighted by Gasteiger charge is -2.37. The first kappa shape index (κ1) is 21.5. The Balaban J connectivity index is 1.25. The van der Waals surface area contributed by atoms with Gasteiger partial charge in [-0.15, -0.1) is 21.5 Å². The van der Waals surface area contributed by atoms with Gasteiger partial charge < -0.3 is 19.7 Å². The van der Waals surface area contributed by atoms with E-state index in [4.69, 9.17) is 0 Å². The molecule has 9 heteroatoms. The standard InChI is InChI=1S/C21H33N7S2/c1-22-20(27-14-12-26(13-15-27)19-10-6-16-30-19)23-11-5-9-18-24-25-21(29-2)28(18)17-7-3-4-8-17/h6,10,16-17H,3-5,7-9,11-15H2,1-2H3,(H,22,23). The monoisotopic (exact) mass is 447 g/mol. The number of piperazine rings is 1. The van der Waals surface area contributed by atoms with E-state index in [1.165, 1.54) is 30.7 Å². The number of nitrogens with zero attached hydrogens (tertiary/aromatic N) is 6. The van der Waals surface area contributed by atoms with Gasteiger partial charge >= 0.3 is 0 Å². The Kier molecular flexibility index (Phi) is 7.54. The lowest BCUT2D eigenvalue weighted by atomic mass is 10.2. The van der Waals surface area contributed by atoms with Gasteiger partial charge in [-0.3, -0.25) is 4.99 Å². The molecule has 0 bridgehead atoms. The topological polar surface area (TPSA) is 61.6 Å². The summed E-state index contributed by atoms with van der Waals surface area (Å²) < 4.78 is 2.41. The van der Waals surface area contributed by atoms with Crippen LogP contribution in [0, 0.1) is 0 Å². The maximum absolute atomic E-state index is 4.52. The highest BCUT2D eigenvalue weighted by molar-refractivity contribution is 7.98. The molecular formula is C21H33N7S2. The smallest absolute Gasteiger partial charge is 0.193 e. The molecule has 7 nitrogen and oxygen atoms in total. The molecule has 1 saturated heterocycles. The second-order valence-electron chi connectivity index (χ2n) is 7.91. The van der Waals surface area contributed by atoms with E-state index in [1.54, 1.807) is 11.8 Å². The fourth-order valence-electron chi connectivity index (χ4n) is 4.51. The summed E-state index contributed by atoms with van der Waals surface area (Å²) in [5, 5.41) is 17.1. The summed E-state index contributed by atoms with van der Waals surface area (Å²) in [6.07, 6.45) is 9.28. The maximum Gasteiger partial charge on any atom is 0.193 e. The molecule has 0 spiro atoms. The van der Waals surface area contributed by atoms with Crippen molar-refractivity contribution in [3.8, 4) is 0 Å². The van der Waals surface area contributed by atoms with Crippen LogP contribution in [0.5, 0.6) is 0 Å². The van der Waals surface area contributed by atoms with E-state index in [0.29, 0.717) is 6.04 Å². The third-order valence-corrected chi connectivity index (χ3v) is 7.65. The average molecular weight is 448 g/mol. The molecule has 0 unspecified atom stereocenters. The quantitative estimate of drug-likeness (QED) is 0.303.